The van der Waals surface area contributed by atoms with Crippen LogP contribution in [0.1, 0.15) is 29.8 Å². The Hall–Kier alpha value is -1.64. The van der Waals surface area contributed by atoms with Gasteiger partial charge in [-0.2, -0.15) is 0 Å². The first kappa shape index (κ1) is 11.4. The summed E-state index contributed by atoms with van der Waals surface area (Å²) in [5, 5.41) is 8.92. The maximum atomic E-state index is 11.9. The predicted molar refractivity (Wildman–Crippen MR) is 56.9 cm³/mol. The number of carboxylic acid groups (broad SMARTS) is 1. The van der Waals surface area contributed by atoms with Crippen molar-refractivity contribution in [2.75, 3.05) is 0 Å². The largest absolute Gasteiger partial charge is 0.481 e. The molecule has 0 fully saturated rings. The first-order valence-corrected chi connectivity index (χ1v) is 4.70. The Kier molecular flexibility index (Phi) is 2.93. The summed E-state index contributed by atoms with van der Waals surface area (Å²) in [7, 11) is 0. The van der Waals surface area contributed by atoms with Gasteiger partial charge in [0.1, 0.15) is 5.41 Å². The summed E-state index contributed by atoms with van der Waals surface area (Å²) in [5.74, 6) is -1.47. The molecule has 0 unspecified atom stereocenters. The van der Waals surface area contributed by atoms with Crippen LogP contribution >= 0.6 is 0 Å². The SMILES string of the molecule is Cc1cccc(C(=O)C(C)(C)C(=O)O)c1. The van der Waals surface area contributed by atoms with Crippen molar-refractivity contribution in [2.45, 2.75) is 20.8 Å². The fraction of sp³-hybridized carbons (Fsp3) is 0.333. The molecule has 1 aromatic rings. The molecule has 1 N–H and O–H groups in total. The van der Waals surface area contributed by atoms with Crippen molar-refractivity contribution in [3.63, 3.8) is 0 Å². The highest BCUT2D eigenvalue weighted by Gasteiger charge is 2.36. The number of Topliss-reactive ketones (excluding diaryl/α,β-unsaturated/α-hetero) is 1. The van der Waals surface area contributed by atoms with Crippen molar-refractivity contribution in [1.82, 2.24) is 0 Å². The van der Waals surface area contributed by atoms with Crippen LogP contribution in [-0.2, 0) is 4.79 Å². The number of carbonyl (C=O) groups excluding carboxylic acids is 1. The monoisotopic (exact) mass is 206 g/mol. The molecule has 0 heterocycles. The molecule has 3 heteroatoms. The van der Waals surface area contributed by atoms with E-state index in [0.717, 1.165) is 5.56 Å². The number of rotatable bonds is 3. The van der Waals surface area contributed by atoms with Crippen molar-refractivity contribution >= 4 is 11.8 Å². The lowest BCUT2D eigenvalue weighted by Gasteiger charge is -2.17. The zero-order valence-electron chi connectivity index (χ0n) is 9.07. The Morgan fingerprint density at radius 1 is 1.27 bits per heavy atom. The van der Waals surface area contributed by atoms with Gasteiger partial charge in [0.2, 0.25) is 0 Å². The fourth-order valence-corrected chi connectivity index (χ4v) is 1.24. The smallest absolute Gasteiger partial charge is 0.316 e. The summed E-state index contributed by atoms with van der Waals surface area (Å²) in [6.07, 6.45) is 0. The van der Waals surface area contributed by atoms with Crippen molar-refractivity contribution in [1.29, 1.82) is 0 Å². The number of aliphatic carboxylic acids is 1. The summed E-state index contributed by atoms with van der Waals surface area (Å²) in [4.78, 5) is 22.8. The molecule has 1 aromatic carbocycles. The Morgan fingerprint density at radius 2 is 1.87 bits per heavy atom. The first-order chi connectivity index (χ1) is 6.85. The maximum Gasteiger partial charge on any atom is 0.316 e. The topological polar surface area (TPSA) is 54.4 Å². The van der Waals surface area contributed by atoms with E-state index >= 15 is 0 Å². The summed E-state index contributed by atoms with van der Waals surface area (Å²) in [6, 6.07) is 6.96. The zero-order valence-corrected chi connectivity index (χ0v) is 9.07. The van der Waals surface area contributed by atoms with E-state index in [1.54, 1.807) is 18.2 Å². The molecule has 0 aromatic heterocycles. The second-order valence-corrected chi connectivity index (χ2v) is 4.13. The quantitative estimate of drug-likeness (QED) is 0.609. The predicted octanol–water partition coefficient (Wildman–Crippen LogP) is 2.29. The fourth-order valence-electron chi connectivity index (χ4n) is 1.24. The van der Waals surface area contributed by atoms with Gasteiger partial charge in [0.05, 0.1) is 0 Å². The highest BCUT2D eigenvalue weighted by atomic mass is 16.4. The molecule has 0 aliphatic heterocycles. The lowest BCUT2D eigenvalue weighted by atomic mass is 9.84. The van der Waals surface area contributed by atoms with E-state index in [4.69, 9.17) is 5.11 Å². The first-order valence-electron chi connectivity index (χ1n) is 4.70. The van der Waals surface area contributed by atoms with Crippen LogP contribution in [0, 0.1) is 12.3 Å². The van der Waals surface area contributed by atoms with Gasteiger partial charge in [0, 0.05) is 5.56 Å². The van der Waals surface area contributed by atoms with Crippen LogP contribution in [0.2, 0.25) is 0 Å². The van der Waals surface area contributed by atoms with E-state index in [9.17, 15) is 9.59 Å². The highest BCUT2D eigenvalue weighted by Crippen LogP contribution is 2.22. The van der Waals surface area contributed by atoms with E-state index in [-0.39, 0.29) is 5.78 Å². The van der Waals surface area contributed by atoms with E-state index in [1.807, 2.05) is 13.0 Å². The van der Waals surface area contributed by atoms with E-state index < -0.39 is 11.4 Å². The second-order valence-electron chi connectivity index (χ2n) is 4.13. The third-order valence-corrected chi connectivity index (χ3v) is 2.38. The second kappa shape index (κ2) is 3.85. The third kappa shape index (κ3) is 2.24. The van der Waals surface area contributed by atoms with Crippen LogP contribution in [-0.4, -0.2) is 16.9 Å². The summed E-state index contributed by atoms with van der Waals surface area (Å²) in [6.45, 7) is 4.70. The molecule has 3 nitrogen and oxygen atoms in total. The third-order valence-electron chi connectivity index (χ3n) is 2.38. The lowest BCUT2D eigenvalue weighted by molar-refractivity contribution is -0.144. The van der Waals surface area contributed by atoms with Gasteiger partial charge in [-0.25, -0.2) is 0 Å². The minimum atomic E-state index is -1.37. The number of carbonyl (C=O) groups is 2. The molecular weight excluding hydrogens is 192 g/mol. The van der Waals surface area contributed by atoms with Gasteiger partial charge in [-0.1, -0.05) is 23.8 Å². The Balaban J connectivity index is 3.10. The summed E-state index contributed by atoms with van der Waals surface area (Å²) in [5.41, 5.74) is 0.0257. The minimum Gasteiger partial charge on any atom is -0.481 e. The molecule has 0 atom stereocenters. The molecule has 0 aliphatic rings. The van der Waals surface area contributed by atoms with Crippen LogP contribution in [0.3, 0.4) is 0 Å². The molecule has 80 valence electrons. The lowest BCUT2D eigenvalue weighted by Crippen LogP contribution is -2.33. The molecule has 0 saturated carbocycles. The van der Waals surface area contributed by atoms with Crippen LogP contribution in [0.25, 0.3) is 0 Å². The number of aryl methyl sites for hydroxylation is 1. The van der Waals surface area contributed by atoms with Crippen LogP contribution in [0.5, 0.6) is 0 Å². The van der Waals surface area contributed by atoms with E-state index in [2.05, 4.69) is 0 Å². The van der Waals surface area contributed by atoms with Gasteiger partial charge in [0.25, 0.3) is 0 Å². The number of benzene rings is 1. The molecule has 1 rings (SSSR count). The van der Waals surface area contributed by atoms with Gasteiger partial charge in [0.15, 0.2) is 5.78 Å². The zero-order chi connectivity index (χ0) is 11.6. The van der Waals surface area contributed by atoms with Gasteiger partial charge >= 0.3 is 5.97 Å². The normalized spacial score (nSPS) is 11.1. The molecular formula is C12H14O3. The Labute approximate surface area is 88.7 Å². The molecule has 0 bridgehead atoms. The maximum absolute atomic E-state index is 11.9. The molecule has 0 amide bonds. The molecule has 0 aliphatic carbocycles. The number of ketones is 1. The minimum absolute atomic E-state index is 0.362. The molecule has 0 radical (unpaired) electrons. The van der Waals surface area contributed by atoms with Gasteiger partial charge in [-0.05, 0) is 26.8 Å². The Morgan fingerprint density at radius 3 is 2.33 bits per heavy atom. The van der Waals surface area contributed by atoms with Gasteiger partial charge in [-0.3, -0.25) is 9.59 Å². The average Bonchev–Trinajstić information content (AvgIpc) is 2.16. The van der Waals surface area contributed by atoms with Crippen molar-refractivity contribution < 1.29 is 14.7 Å². The summed E-state index contributed by atoms with van der Waals surface area (Å²) < 4.78 is 0. The van der Waals surface area contributed by atoms with Crippen LogP contribution in [0.4, 0.5) is 0 Å². The number of hydrogen-bond acceptors (Lipinski definition) is 2. The van der Waals surface area contributed by atoms with E-state index in [0.29, 0.717) is 5.56 Å². The molecule has 0 saturated heterocycles. The van der Waals surface area contributed by atoms with E-state index in [1.165, 1.54) is 13.8 Å². The highest BCUT2D eigenvalue weighted by molar-refractivity contribution is 6.11. The summed E-state index contributed by atoms with van der Waals surface area (Å²) >= 11 is 0. The van der Waals surface area contributed by atoms with Crippen molar-refractivity contribution in [3.05, 3.63) is 35.4 Å². The average molecular weight is 206 g/mol. The van der Waals surface area contributed by atoms with Crippen LogP contribution in [0.15, 0.2) is 24.3 Å². The Bertz CT molecular complexity index is 405. The standard InChI is InChI=1S/C12H14O3/c1-8-5-4-6-9(7-8)10(13)12(2,3)11(14)15/h4-7H,1-3H3,(H,14,15). The van der Waals surface area contributed by atoms with Crippen molar-refractivity contribution in [2.24, 2.45) is 5.41 Å². The number of hydrogen-bond donors (Lipinski definition) is 1. The van der Waals surface area contributed by atoms with Gasteiger partial charge in [-0.15, -0.1) is 0 Å². The van der Waals surface area contributed by atoms with Gasteiger partial charge < -0.3 is 5.11 Å². The molecule has 0 spiro atoms. The van der Waals surface area contributed by atoms with Crippen molar-refractivity contribution in [3.8, 4) is 0 Å². The molecule has 15 heavy (non-hydrogen) atoms. The number of carboxylic acids is 1. The van der Waals surface area contributed by atoms with Crippen LogP contribution < -0.4 is 0 Å².